The summed E-state index contributed by atoms with van der Waals surface area (Å²) in [7, 11) is 0. The number of hydrogen-bond donors (Lipinski definition) is 2. The van der Waals surface area contributed by atoms with Gasteiger partial charge in [0.1, 0.15) is 0 Å². The molecule has 19 heavy (non-hydrogen) atoms. The summed E-state index contributed by atoms with van der Waals surface area (Å²) in [6.07, 6.45) is 0. The fourth-order valence-corrected chi connectivity index (χ4v) is 2.48. The van der Waals surface area contributed by atoms with Crippen LogP contribution < -0.4 is 5.32 Å². The summed E-state index contributed by atoms with van der Waals surface area (Å²) in [6.45, 7) is 4.08. The third-order valence-electron chi connectivity index (χ3n) is 3.22. The minimum absolute atomic E-state index is 0.0252. The Bertz CT molecular complexity index is 570. The fraction of sp³-hybridized carbons (Fsp3) is 0.250. The Labute approximate surface area is 122 Å². The summed E-state index contributed by atoms with van der Waals surface area (Å²) in [6, 6.07) is 16.2. The van der Waals surface area contributed by atoms with Gasteiger partial charge in [-0.05, 0) is 49.2 Å². The molecule has 0 aliphatic rings. The van der Waals surface area contributed by atoms with Crippen LogP contribution in [0.3, 0.4) is 0 Å². The number of aliphatic hydroxyl groups excluding tert-OH is 1. The highest BCUT2D eigenvalue weighted by Crippen LogP contribution is 2.28. The highest BCUT2D eigenvalue weighted by atomic mass is 79.9. The van der Waals surface area contributed by atoms with Crippen LogP contribution in [-0.2, 0) is 5.54 Å². The van der Waals surface area contributed by atoms with Crippen molar-refractivity contribution in [3.8, 4) is 0 Å². The predicted octanol–water partition coefficient (Wildman–Crippen LogP) is 4.08. The van der Waals surface area contributed by atoms with E-state index in [9.17, 15) is 5.11 Å². The van der Waals surface area contributed by atoms with E-state index in [0.717, 1.165) is 15.7 Å². The molecule has 3 heteroatoms. The lowest BCUT2D eigenvalue weighted by molar-refractivity contribution is 0.224. The minimum Gasteiger partial charge on any atom is -0.394 e. The van der Waals surface area contributed by atoms with Crippen molar-refractivity contribution in [3.63, 3.8) is 0 Å². The topological polar surface area (TPSA) is 32.3 Å². The first-order valence-electron chi connectivity index (χ1n) is 6.25. The molecule has 2 rings (SSSR count). The molecule has 0 aliphatic carbocycles. The number of aryl methyl sites for hydroxylation is 1. The second-order valence-corrected chi connectivity index (χ2v) is 5.91. The maximum absolute atomic E-state index is 9.78. The SMILES string of the molecule is Cc1cccc(NC(C)(CO)c2cccc(Br)c2)c1. The van der Waals surface area contributed by atoms with Crippen LogP contribution in [0.1, 0.15) is 18.1 Å². The molecule has 0 saturated carbocycles. The van der Waals surface area contributed by atoms with Gasteiger partial charge >= 0.3 is 0 Å². The molecule has 1 atom stereocenters. The van der Waals surface area contributed by atoms with Gasteiger partial charge in [-0.1, -0.05) is 40.2 Å². The Hall–Kier alpha value is -1.32. The van der Waals surface area contributed by atoms with Gasteiger partial charge in [-0.15, -0.1) is 0 Å². The van der Waals surface area contributed by atoms with Gasteiger partial charge in [0.2, 0.25) is 0 Å². The van der Waals surface area contributed by atoms with E-state index in [1.54, 1.807) is 0 Å². The summed E-state index contributed by atoms with van der Waals surface area (Å²) < 4.78 is 1.01. The van der Waals surface area contributed by atoms with Crippen molar-refractivity contribution in [3.05, 3.63) is 64.1 Å². The summed E-state index contributed by atoms with van der Waals surface area (Å²) in [5.41, 5.74) is 2.75. The van der Waals surface area contributed by atoms with Crippen LogP contribution in [0.5, 0.6) is 0 Å². The monoisotopic (exact) mass is 319 g/mol. The second-order valence-electron chi connectivity index (χ2n) is 5.00. The van der Waals surface area contributed by atoms with Crippen molar-refractivity contribution in [2.75, 3.05) is 11.9 Å². The zero-order valence-corrected chi connectivity index (χ0v) is 12.7. The number of nitrogens with one attached hydrogen (secondary N) is 1. The van der Waals surface area contributed by atoms with Crippen molar-refractivity contribution in [1.82, 2.24) is 0 Å². The van der Waals surface area contributed by atoms with E-state index in [1.165, 1.54) is 5.56 Å². The van der Waals surface area contributed by atoms with Crippen LogP contribution in [0.4, 0.5) is 5.69 Å². The first-order chi connectivity index (χ1) is 9.03. The molecule has 2 N–H and O–H groups in total. The van der Waals surface area contributed by atoms with Gasteiger partial charge < -0.3 is 10.4 Å². The quantitative estimate of drug-likeness (QED) is 0.890. The van der Waals surface area contributed by atoms with Gasteiger partial charge in [0.15, 0.2) is 0 Å². The lowest BCUT2D eigenvalue weighted by Gasteiger charge is -2.31. The summed E-state index contributed by atoms with van der Waals surface area (Å²) in [5.74, 6) is 0. The van der Waals surface area contributed by atoms with Gasteiger partial charge in [-0.2, -0.15) is 0 Å². The molecule has 1 unspecified atom stereocenters. The Morgan fingerprint density at radius 1 is 1.16 bits per heavy atom. The van der Waals surface area contributed by atoms with Crippen molar-refractivity contribution in [2.45, 2.75) is 19.4 Å². The first-order valence-corrected chi connectivity index (χ1v) is 7.04. The zero-order chi connectivity index (χ0) is 13.9. The molecule has 100 valence electrons. The molecule has 0 spiro atoms. The van der Waals surface area contributed by atoms with E-state index in [4.69, 9.17) is 0 Å². The van der Waals surface area contributed by atoms with Gasteiger partial charge in [-0.3, -0.25) is 0 Å². The van der Waals surface area contributed by atoms with Crippen molar-refractivity contribution in [1.29, 1.82) is 0 Å². The highest BCUT2D eigenvalue weighted by molar-refractivity contribution is 9.10. The van der Waals surface area contributed by atoms with E-state index in [-0.39, 0.29) is 6.61 Å². The minimum atomic E-state index is -0.502. The number of halogens is 1. The molecule has 0 saturated heterocycles. The van der Waals surface area contributed by atoms with Crippen LogP contribution in [0.2, 0.25) is 0 Å². The van der Waals surface area contributed by atoms with Crippen LogP contribution >= 0.6 is 15.9 Å². The number of hydrogen-bond acceptors (Lipinski definition) is 2. The average Bonchev–Trinajstić information content (AvgIpc) is 2.38. The molecule has 2 aromatic rings. The third-order valence-corrected chi connectivity index (χ3v) is 3.71. The molecule has 2 nitrogen and oxygen atoms in total. The summed E-state index contributed by atoms with van der Waals surface area (Å²) >= 11 is 3.47. The van der Waals surface area contributed by atoms with Gasteiger partial charge in [-0.25, -0.2) is 0 Å². The third kappa shape index (κ3) is 3.37. The summed E-state index contributed by atoms with van der Waals surface area (Å²) in [5, 5.41) is 13.2. The maximum atomic E-state index is 9.78. The van der Waals surface area contributed by atoms with E-state index < -0.39 is 5.54 Å². The van der Waals surface area contributed by atoms with Gasteiger partial charge in [0.25, 0.3) is 0 Å². The molecule has 0 amide bonds. The Morgan fingerprint density at radius 3 is 2.53 bits per heavy atom. The average molecular weight is 320 g/mol. The summed E-state index contributed by atoms with van der Waals surface area (Å²) in [4.78, 5) is 0. The fourth-order valence-electron chi connectivity index (χ4n) is 2.08. The molecule has 0 aromatic heterocycles. The number of rotatable bonds is 4. The number of aliphatic hydroxyl groups is 1. The van der Waals surface area contributed by atoms with Crippen LogP contribution in [0.25, 0.3) is 0 Å². The Morgan fingerprint density at radius 2 is 1.89 bits per heavy atom. The van der Waals surface area contributed by atoms with Crippen LogP contribution in [-0.4, -0.2) is 11.7 Å². The zero-order valence-electron chi connectivity index (χ0n) is 11.2. The smallest absolute Gasteiger partial charge is 0.0828 e. The molecular formula is C16H18BrNO. The van der Waals surface area contributed by atoms with Crippen molar-refractivity contribution in [2.24, 2.45) is 0 Å². The number of anilines is 1. The number of benzene rings is 2. The van der Waals surface area contributed by atoms with E-state index in [2.05, 4.69) is 40.3 Å². The second kappa shape index (κ2) is 5.76. The van der Waals surface area contributed by atoms with Crippen molar-refractivity contribution >= 4 is 21.6 Å². The maximum Gasteiger partial charge on any atom is 0.0828 e. The standard InChI is InChI=1S/C16H18BrNO/c1-12-5-3-8-15(9-12)18-16(2,11-19)13-6-4-7-14(17)10-13/h3-10,18-19H,11H2,1-2H3. The highest BCUT2D eigenvalue weighted by Gasteiger charge is 2.25. The molecule has 0 heterocycles. The van der Waals surface area contributed by atoms with E-state index >= 15 is 0 Å². The molecular weight excluding hydrogens is 302 g/mol. The molecule has 0 bridgehead atoms. The normalized spacial score (nSPS) is 13.9. The molecule has 2 aromatic carbocycles. The lowest BCUT2D eigenvalue weighted by atomic mass is 9.92. The van der Waals surface area contributed by atoms with Crippen LogP contribution in [0, 0.1) is 6.92 Å². The largest absolute Gasteiger partial charge is 0.394 e. The molecule has 0 aliphatic heterocycles. The van der Waals surface area contributed by atoms with E-state index in [0.29, 0.717) is 0 Å². The predicted molar refractivity (Wildman–Crippen MR) is 83.4 cm³/mol. The van der Waals surface area contributed by atoms with E-state index in [1.807, 2.05) is 43.3 Å². The lowest BCUT2D eigenvalue weighted by Crippen LogP contribution is -2.35. The first kappa shape index (κ1) is 14.1. The Balaban J connectivity index is 2.32. The van der Waals surface area contributed by atoms with Gasteiger partial charge in [0.05, 0.1) is 12.1 Å². The van der Waals surface area contributed by atoms with Gasteiger partial charge in [0, 0.05) is 10.2 Å². The molecule has 0 radical (unpaired) electrons. The van der Waals surface area contributed by atoms with Crippen molar-refractivity contribution < 1.29 is 5.11 Å². The molecule has 0 fully saturated rings. The van der Waals surface area contributed by atoms with Crippen LogP contribution in [0.15, 0.2) is 53.0 Å². The Kier molecular flexibility index (Phi) is 4.27.